The van der Waals surface area contributed by atoms with E-state index in [1.165, 1.54) is 18.2 Å². The quantitative estimate of drug-likeness (QED) is 0.331. The van der Waals surface area contributed by atoms with Crippen LogP contribution >= 0.6 is 0 Å². The van der Waals surface area contributed by atoms with Gasteiger partial charge in [-0.15, -0.1) is 0 Å². The molecule has 10 heteroatoms. The van der Waals surface area contributed by atoms with Crippen LogP contribution in [0.1, 0.15) is 36.5 Å². The molecule has 3 aromatic rings. The Kier molecular flexibility index (Phi) is 7.60. The van der Waals surface area contributed by atoms with E-state index < -0.39 is 4.92 Å². The van der Waals surface area contributed by atoms with Gasteiger partial charge in [0.2, 0.25) is 11.7 Å². The van der Waals surface area contributed by atoms with Crippen molar-refractivity contribution in [3.05, 3.63) is 64.0 Å². The number of nitro benzene ring substituents is 1. The zero-order chi connectivity index (χ0) is 24.0. The Hall–Kier alpha value is -3.95. The van der Waals surface area contributed by atoms with Crippen LogP contribution in [0.4, 0.5) is 5.69 Å². The molecule has 33 heavy (non-hydrogen) atoms. The number of carbonyl (C=O) groups excluding carboxylic acids is 1. The number of ether oxygens (including phenoxy) is 2. The smallest absolute Gasteiger partial charge is 0.270 e. The van der Waals surface area contributed by atoms with Crippen molar-refractivity contribution in [2.75, 3.05) is 20.8 Å². The van der Waals surface area contributed by atoms with E-state index in [0.29, 0.717) is 41.7 Å². The normalized spacial score (nSPS) is 11.6. The van der Waals surface area contributed by atoms with Crippen molar-refractivity contribution in [1.82, 2.24) is 15.0 Å². The van der Waals surface area contributed by atoms with Crippen LogP contribution in [-0.2, 0) is 6.42 Å². The molecule has 0 N–H and O–H groups in total. The van der Waals surface area contributed by atoms with Crippen LogP contribution in [0.2, 0.25) is 0 Å². The molecule has 0 spiro atoms. The van der Waals surface area contributed by atoms with Gasteiger partial charge in [0.05, 0.1) is 19.1 Å². The van der Waals surface area contributed by atoms with Gasteiger partial charge in [0, 0.05) is 42.3 Å². The minimum absolute atomic E-state index is 0.0787. The second-order valence-electron chi connectivity index (χ2n) is 7.39. The first-order valence-electron chi connectivity index (χ1n) is 10.5. The summed E-state index contributed by atoms with van der Waals surface area (Å²) in [5.74, 6) is 1.62. The molecule has 174 valence electrons. The largest absolute Gasteiger partial charge is 0.493 e. The molecule has 0 aliphatic carbocycles. The fourth-order valence-corrected chi connectivity index (χ4v) is 3.33. The fraction of sp³-hybridized carbons (Fsp3) is 0.348. The number of amides is 1. The van der Waals surface area contributed by atoms with Gasteiger partial charge in [-0.3, -0.25) is 14.9 Å². The summed E-state index contributed by atoms with van der Waals surface area (Å²) >= 11 is 0. The van der Waals surface area contributed by atoms with E-state index in [1.54, 1.807) is 43.4 Å². The van der Waals surface area contributed by atoms with E-state index in [0.717, 1.165) is 6.42 Å². The molecule has 10 nitrogen and oxygen atoms in total. The van der Waals surface area contributed by atoms with Crippen molar-refractivity contribution < 1.29 is 23.7 Å². The summed E-state index contributed by atoms with van der Waals surface area (Å²) in [5.41, 5.74) is 0.844. The van der Waals surface area contributed by atoms with Crippen LogP contribution in [0.3, 0.4) is 0 Å². The summed E-state index contributed by atoms with van der Waals surface area (Å²) in [6.07, 6.45) is 1.06. The van der Waals surface area contributed by atoms with Crippen molar-refractivity contribution >= 4 is 11.6 Å². The van der Waals surface area contributed by atoms with Gasteiger partial charge in [0.15, 0.2) is 11.5 Å². The van der Waals surface area contributed by atoms with E-state index in [1.807, 2.05) is 13.8 Å². The molecule has 1 aromatic heterocycles. The predicted molar refractivity (Wildman–Crippen MR) is 120 cm³/mol. The maximum absolute atomic E-state index is 13.1. The minimum Gasteiger partial charge on any atom is -0.493 e. The zero-order valence-corrected chi connectivity index (χ0v) is 19.0. The summed E-state index contributed by atoms with van der Waals surface area (Å²) in [4.78, 5) is 29.8. The van der Waals surface area contributed by atoms with Crippen LogP contribution in [0.25, 0.3) is 11.4 Å². The van der Waals surface area contributed by atoms with Gasteiger partial charge in [0.1, 0.15) is 0 Å². The summed E-state index contributed by atoms with van der Waals surface area (Å²) in [5, 5.41) is 15.1. The summed E-state index contributed by atoms with van der Waals surface area (Å²) in [6.45, 7) is 4.22. The molecule has 0 bridgehead atoms. The summed E-state index contributed by atoms with van der Waals surface area (Å²) in [6, 6.07) is 11.0. The number of methoxy groups -OCH3 is 2. The number of benzene rings is 2. The molecular formula is C23H26N4O6. The van der Waals surface area contributed by atoms with Crippen molar-refractivity contribution in [3.8, 4) is 22.9 Å². The van der Waals surface area contributed by atoms with Gasteiger partial charge in [-0.25, -0.2) is 0 Å². The topological polar surface area (TPSA) is 121 Å². The van der Waals surface area contributed by atoms with Crippen molar-refractivity contribution in [1.29, 1.82) is 0 Å². The Morgan fingerprint density at radius 3 is 2.61 bits per heavy atom. The third-order valence-corrected chi connectivity index (χ3v) is 5.36. The molecule has 0 radical (unpaired) electrons. The minimum atomic E-state index is -0.515. The third-order valence-electron chi connectivity index (χ3n) is 5.36. The molecule has 1 atom stereocenters. The lowest BCUT2D eigenvalue weighted by Gasteiger charge is -2.28. The van der Waals surface area contributed by atoms with Gasteiger partial charge in [-0.2, -0.15) is 4.98 Å². The standard InChI is InChI=1S/C23H26N4O6/c1-5-15(2)26(23(28)17-7-6-8-18(13-17)27(29)30)12-11-21-24-22(25-33-21)16-9-10-19(31-3)20(14-16)32-4/h6-10,13-15H,5,11-12H2,1-4H3/t15-/m1/s1. The summed E-state index contributed by atoms with van der Waals surface area (Å²) in [7, 11) is 3.10. The highest BCUT2D eigenvalue weighted by Gasteiger charge is 2.23. The first-order chi connectivity index (χ1) is 15.9. The molecular weight excluding hydrogens is 428 g/mol. The summed E-state index contributed by atoms with van der Waals surface area (Å²) < 4.78 is 16.0. The van der Waals surface area contributed by atoms with Crippen LogP contribution in [0, 0.1) is 10.1 Å². The second-order valence-corrected chi connectivity index (χ2v) is 7.39. The van der Waals surface area contributed by atoms with E-state index in [2.05, 4.69) is 10.1 Å². The number of carbonyl (C=O) groups is 1. The van der Waals surface area contributed by atoms with Crippen molar-refractivity contribution in [2.24, 2.45) is 0 Å². The highest BCUT2D eigenvalue weighted by Crippen LogP contribution is 2.31. The van der Waals surface area contributed by atoms with Crippen molar-refractivity contribution in [3.63, 3.8) is 0 Å². The van der Waals surface area contributed by atoms with E-state index in [9.17, 15) is 14.9 Å². The van der Waals surface area contributed by atoms with Crippen LogP contribution in [-0.4, -0.2) is 52.7 Å². The van der Waals surface area contributed by atoms with Crippen LogP contribution in [0.5, 0.6) is 11.5 Å². The number of nitrogens with zero attached hydrogens (tertiary/aromatic N) is 4. The maximum atomic E-state index is 13.1. The van der Waals surface area contributed by atoms with Gasteiger partial charge < -0.3 is 18.9 Å². The second kappa shape index (κ2) is 10.6. The van der Waals surface area contributed by atoms with Crippen molar-refractivity contribution in [2.45, 2.75) is 32.7 Å². The number of nitro groups is 1. The molecule has 1 amide bonds. The lowest BCUT2D eigenvalue weighted by Crippen LogP contribution is -2.39. The van der Waals surface area contributed by atoms with Gasteiger partial charge in [-0.05, 0) is 37.6 Å². The predicted octanol–water partition coefficient (Wildman–Crippen LogP) is 4.15. The molecule has 0 saturated carbocycles. The average molecular weight is 454 g/mol. The SMILES string of the molecule is CC[C@@H](C)N(CCc1nc(-c2ccc(OC)c(OC)c2)no1)C(=O)c1cccc([N+](=O)[O-])c1. The average Bonchev–Trinajstić information content (AvgIpc) is 3.32. The zero-order valence-electron chi connectivity index (χ0n) is 19.0. The molecule has 0 saturated heterocycles. The molecule has 3 rings (SSSR count). The number of hydrogen-bond donors (Lipinski definition) is 0. The first-order valence-corrected chi connectivity index (χ1v) is 10.5. The van der Waals surface area contributed by atoms with Gasteiger partial charge in [0.25, 0.3) is 11.6 Å². The lowest BCUT2D eigenvalue weighted by atomic mass is 10.1. The van der Waals surface area contributed by atoms with E-state index in [-0.39, 0.29) is 23.2 Å². The molecule has 0 aliphatic heterocycles. The van der Waals surface area contributed by atoms with Crippen LogP contribution in [0.15, 0.2) is 47.0 Å². The third kappa shape index (κ3) is 5.46. The fourth-order valence-electron chi connectivity index (χ4n) is 3.33. The highest BCUT2D eigenvalue weighted by molar-refractivity contribution is 5.95. The lowest BCUT2D eigenvalue weighted by molar-refractivity contribution is -0.384. The Morgan fingerprint density at radius 2 is 1.94 bits per heavy atom. The Bertz CT molecular complexity index is 1130. The monoisotopic (exact) mass is 454 g/mol. The Morgan fingerprint density at radius 1 is 1.18 bits per heavy atom. The molecule has 0 unspecified atom stereocenters. The number of non-ortho nitro benzene ring substituents is 1. The Labute approximate surface area is 191 Å². The van der Waals surface area contributed by atoms with Gasteiger partial charge >= 0.3 is 0 Å². The molecule has 1 heterocycles. The number of rotatable bonds is 10. The van der Waals surface area contributed by atoms with E-state index in [4.69, 9.17) is 14.0 Å². The molecule has 0 aliphatic rings. The molecule has 2 aromatic carbocycles. The number of hydrogen-bond acceptors (Lipinski definition) is 8. The van der Waals surface area contributed by atoms with E-state index >= 15 is 0 Å². The van der Waals surface area contributed by atoms with Crippen LogP contribution < -0.4 is 9.47 Å². The Balaban J connectivity index is 1.76. The maximum Gasteiger partial charge on any atom is 0.270 e. The first kappa shape index (κ1) is 23.7. The van der Waals surface area contributed by atoms with Gasteiger partial charge in [-0.1, -0.05) is 18.1 Å². The number of aromatic nitrogens is 2. The molecule has 0 fully saturated rings. The highest BCUT2D eigenvalue weighted by atomic mass is 16.6.